The predicted octanol–water partition coefficient (Wildman–Crippen LogP) is 3.75. The summed E-state index contributed by atoms with van der Waals surface area (Å²) in [5.41, 5.74) is 6.00. The molecule has 0 aliphatic heterocycles. The van der Waals surface area contributed by atoms with Gasteiger partial charge in [-0.25, -0.2) is 4.68 Å². The zero-order chi connectivity index (χ0) is 17.3. The Balaban J connectivity index is 1.89. The summed E-state index contributed by atoms with van der Waals surface area (Å²) in [6.07, 6.45) is 0. The van der Waals surface area contributed by atoms with Crippen molar-refractivity contribution < 1.29 is 4.79 Å². The highest BCUT2D eigenvalue weighted by molar-refractivity contribution is 6.04. The van der Waals surface area contributed by atoms with Crippen LogP contribution in [0.3, 0.4) is 0 Å². The zero-order valence-electron chi connectivity index (χ0n) is 14.3. The van der Waals surface area contributed by atoms with Gasteiger partial charge in [-0.05, 0) is 57.0 Å². The Bertz CT molecular complexity index is 894. The number of aromatic nitrogens is 3. The first-order valence-corrected chi connectivity index (χ1v) is 7.83. The zero-order valence-corrected chi connectivity index (χ0v) is 14.3. The van der Waals surface area contributed by atoms with Crippen molar-refractivity contribution in [3.8, 4) is 5.69 Å². The van der Waals surface area contributed by atoms with Crippen LogP contribution in [0.25, 0.3) is 5.69 Å². The van der Waals surface area contributed by atoms with Gasteiger partial charge in [-0.3, -0.25) is 4.79 Å². The maximum absolute atomic E-state index is 12.6. The van der Waals surface area contributed by atoms with Crippen molar-refractivity contribution in [3.63, 3.8) is 0 Å². The smallest absolute Gasteiger partial charge is 0.278 e. The molecule has 2 aromatic carbocycles. The quantitative estimate of drug-likeness (QED) is 0.799. The average Bonchev–Trinajstić information content (AvgIpc) is 2.93. The maximum atomic E-state index is 12.6. The molecule has 0 saturated heterocycles. The molecule has 24 heavy (non-hydrogen) atoms. The van der Waals surface area contributed by atoms with Gasteiger partial charge >= 0.3 is 0 Å². The summed E-state index contributed by atoms with van der Waals surface area (Å²) >= 11 is 0. The molecular formula is C19H20N4O. The van der Waals surface area contributed by atoms with Gasteiger partial charge in [0.15, 0.2) is 5.69 Å². The van der Waals surface area contributed by atoms with Crippen LogP contribution in [0, 0.1) is 27.7 Å². The van der Waals surface area contributed by atoms with E-state index in [0.29, 0.717) is 11.4 Å². The van der Waals surface area contributed by atoms with E-state index < -0.39 is 0 Å². The minimum absolute atomic E-state index is 0.250. The predicted molar refractivity (Wildman–Crippen MR) is 94.7 cm³/mol. The van der Waals surface area contributed by atoms with E-state index in [1.54, 1.807) is 4.68 Å². The normalized spacial score (nSPS) is 10.7. The van der Waals surface area contributed by atoms with Crippen molar-refractivity contribution in [2.45, 2.75) is 27.7 Å². The number of amides is 1. The highest BCUT2D eigenvalue weighted by Crippen LogP contribution is 2.19. The third-order valence-electron chi connectivity index (χ3n) is 4.03. The van der Waals surface area contributed by atoms with E-state index in [9.17, 15) is 4.79 Å². The number of aryl methyl sites for hydroxylation is 3. The fourth-order valence-electron chi connectivity index (χ4n) is 2.52. The lowest BCUT2D eigenvalue weighted by Gasteiger charge is -2.08. The second-order valence-corrected chi connectivity index (χ2v) is 6.04. The molecule has 0 saturated carbocycles. The van der Waals surface area contributed by atoms with Crippen molar-refractivity contribution in [1.82, 2.24) is 15.0 Å². The number of carbonyl (C=O) groups excluding carboxylic acids is 1. The lowest BCUT2D eigenvalue weighted by molar-refractivity contribution is 0.102. The van der Waals surface area contributed by atoms with Crippen LogP contribution in [0.5, 0.6) is 0 Å². The summed E-state index contributed by atoms with van der Waals surface area (Å²) in [6, 6.07) is 13.9. The Kier molecular flexibility index (Phi) is 4.16. The Labute approximate surface area is 141 Å². The van der Waals surface area contributed by atoms with Gasteiger partial charge in [0.25, 0.3) is 5.91 Å². The first kappa shape index (κ1) is 15.9. The summed E-state index contributed by atoms with van der Waals surface area (Å²) in [6.45, 7) is 7.83. The fraction of sp³-hybridized carbons (Fsp3) is 0.211. The number of anilines is 1. The number of rotatable bonds is 3. The number of carbonyl (C=O) groups is 1. The van der Waals surface area contributed by atoms with E-state index in [0.717, 1.165) is 22.5 Å². The van der Waals surface area contributed by atoms with Gasteiger partial charge in [-0.1, -0.05) is 35.0 Å². The highest BCUT2D eigenvalue weighted by Gasteiger charge is 2.18. The minimum atomic E-state index is -0.250. The first-order chi connectivity index (χ1) is 11.5. The SMILES string of the molecule is Cc1ccc(-n2nnc(C(=O)Nc3cc(C)ccc3C)c2C)cc1. The second-order valence-electron chi connectivity index (χ2n) is 6.04. The van der Waals surface area contributed by atoms with Crippen LogP contribution in [0.15, 0.2) is 42.5 Å². The van der Waals surface area contributed by atoms with E-state index in [-0.39, 0.29) is 5.91 Å². The van der Waals surface area contributed by atoms with Crippen LogP contribution in [-0.2, 0) is 0 Å². The van der Waals surface area contributed by atoms with Crippen LogP contribution in [0.4, 0.5) is 5.69 Å². The summed E-state index contributed by atoms with van der Waals surface area (Å²) < 4.78 is 1.68. The molecule has 1 amide bonds. The molecule has 5 heteroatoms. The summed E-state index contributed by atoms with van der Waals surface area (Å²) in [7, 11) is 0. The summed E-state index contributed by atoms with van der Waals surface area (Å²) in [5.74, 6) is -0.250. The van der Waals surface area contributed by atoms with Gasteiger partial charge in [-0.2, -0.15) is 0 Å². The Morgan fingerprint density at radius 1 is 0.958 bits per heavy atom. The number of hydrogen-bond donors (Lipinski definition) is 1. The molecule has 0 atom stereocenters. The maximum Gasteiger partial charge on any atom is 0.278 e. The fourth-order valence-corrected chi connectivity index (χ4v) is 2.52. The van der Waals surface area contributed by atoms with Crippen molar-refractivity contribution in [2.24, 2.45) is 0 Å². The van der Waals surface area contributed by atoms with E-state index in [1.165, 1.54) is 5.56 Å². The number of benzene rings is 2. The molecule has 0 aliphatic rings. The van der Waals surface area contributed by atoms with Crippen molar-refractivity contribution >= 4 is 11.6 Å². The molecule has 0 aliphatic carbocycles. The van der Waals surface area contributed by atoms with Crippen molar-refractivity contribution in [2.75, 3.05) is 5.32 Å². The van der Waals surface area contributed by atoms with Crippen molar-refractivity contribution in [3.05, 3.63) is 70.5 Å². The molecule has 122 valence electrons. The van der Waals surface area contributed by atoms with Gasteiger partial charge in [0.1, 0.15) is 0 Å². The number of hydrogen-bond acceptors (Lipinski definition) is 3. The molecule has 1 N–H and O–H groups in total. The molecule has 3 rings (SSSR count). The second kappa shape index (κ2) is 6.28. The molecule has 3 aromatic rings. The van der Waals surface area contributed by atoms with Gasteiger partial charge in [-0.15, -0.1) is 5.10 Å². The van der Waals surface area contributed by atoms with Gasteiger partial charge in [0.05, 0.1) is 11.4 Å². The monoisotopic (exact) mass is 320 g/mol. The topological polar surface area (TPSA) is 59.8 Å². The molecule has 0 spiro atoms. The number of nitrogens with zero attached hydrogens (tertiary/aromatic N) is 3. The van der Waals surface area contributed by atoms with Crippen LogP contribution < -0.4 is 5.32 Å². The minimum Gasteiger partial charge on any atom is -0.320 e. The van der Waals surface area contributed by atoms with E-state index in [2.05, 4.69) is 15.6 Å². The lowest BCUT2D eigenvalue weighted by atomic mass is 10.1. The third kappa shape index (κ3) is 3.06. The van der Waals surface area contributed by atoms with E-state index in [4.69, 9.17) is 0 Å². The van der Waals surface area contributed by atoms with Crippen LogP contribution in [0.1, 0.15) is 32.9 Å². The van der Waals surface area contributed by atoms with Crippen LogP contribution in [0.2, 0.25) is 0 Å². The highest BCUT2D eigenvalue weighted by atomic mass is 16.2. The Morgan fingerprint density at radius 3 is 2.33 bits per heavy atom. The molecule has 5 nitrogen and oxygen atoms in total. The van der Waals surface area contributed by atoms with Gasteiger partial charge in [0, 0.05) is 5.69 Å². The standard InChI is InChI=1S/C19H20N4O/c1-12-6-9-16(10-7-12)23-15(4)18(21-22-23)19(24)20-17-11-13(2)5-8-14(17)3/h5-11H,1-4H3,(H,20,24). The molecular weight excluding hydrogens is 300 g/mol. The van der Waals surface area contributed by atoms with Crippen LogP contribution in [-0.4, -0.2) is 20.9 Å². The van der Waals surface area contributed by atoms with E-state index >= 15 is 0 Å². The largest absolute Gasteiger partial charge is 0.320 e. The van der Waals surface area contributed by atoms with Crippen LogP contribution >= 0.6 is 0 Å². The Hall–Kier alpha value is -2.95. The first-order valence-electron chi connectivity index (χ1n) is 7.83. The van der Waals surface area contributed by atoms with E-state index in [1.807, 2.05) is 70.2 Å². The molecule has 1 aromatic heterocycles. The molecule has 0 radical (unpaired) electrons. The molecule has 1 heterocycles. The lowest BCUT2D eigenvalue weighted by Crippen LogP contribution is -2.15. The molecule has 0 bridgehead atoms. The summed E-state index contributed by atoms with van der Waals surface area (Å²) in [4.78, 5) is 12.6. The number of nitrogens with one attached hydrogen (secondary N) is 1. The molecule has 0 fully saturated rings. The average molecular weight is 320 g/mol. The van der Waals surface area contributed by atoms with Crippen molar-refractivity contribution in [1.29, 1.82) is 0 Å². The van der Waals surface area contributed by atoms with Gasteiger partial charge < -0.3 is 5.32 Å². The summed E-state index contributed by atoms with van der Waals surface area (Å²) in [5, 5.41) is 11.1. The molecule has 0 unspecified atom stereocenters. The van der Waals surface area contributed by atoms with Gasteiger partial charge in [0.2, 0.25) is 0 Å². The Morgan fingerprint density at radius 2 is 1.62 bits per heavy atom. The third-order valence-corrected chi connectivity index (χ3v) is 4.03.